The minimum atomic E-state index is -3.32. The predicted octanol–water partition coefficient (Wildman–Crippen LogP) is 1.30. The minimum absolute atomic E-state index is 0.0710. The Morgan fingerprint density at radius 1 is 1.20 bits per heavy atom. The molecule has 2 amide bonds. The summed E-state index contributed by atoms with van der Waals surface area (Å²) < 4.78 is 51.8. The third-order valence-corrected chi connectivity index (χ3v) is 7.48. The highest BCUT2D eigenvalue weighted by molar-refractivity contribution is 7.90. The molecule has 4 rings (SSSR count). The van der Waals surface area contributed by atoms with Crippen LogP contribution in [-0.2, 0) is 33.0 Å². The number of alkyl carbamates (subject to hydrolysis) is 1. The zero-order valence-corrected chi connectivity index (χ0v) is 26.4. The molecule has 242 valence electrons. The van der Waals surface area contributed by atoms with E-state index < -0.39 is 39.7 Å². The summed E-state index contributed by atoms with van der Waals surface area (Å²) in [6, 6.07) is -0.854. The number of amides is 2. The Morgan fingerprint density at radius 3 is 2.64 bits per heavy atom. The number of nitrogens with zero attached hydrogens (tertiary/aromatic N) is 7. The van der Waals surface area contributed by atoms with Crippen molar-refractivity contribution in [1.29, 1.82) is 0 Å². The van der Waals surface area contributed by atoms with Gasteiger partial charge in [-0.2, -0.15) is 9.97 Å². The molecule has 0 saturated carbocycles. The number of hydrogen-bond donors (Lipinski definition) is 3. The fraction of sp³-hybridized carbons (Fsp3) is 0.615. The van der Waals surface area contributed by atoms with Gasteiger partial charge in [0.05, 0.1) is 38.0 Å². The average Bonchev–Trinajstić information content (AvgIpc) is 3.61. The van der Waals surface area contributed by atoms with E-state index in [1.165, 1.54) is 7.11 Å². The molecular formula is C26H39FN10O6S. The Labute approximate surface area is 254 Å². The number of nitrogens with one attached hydrogen (secondary N) is 3. The van der Waals surface area contributed by atoms with E-state index in [2.05, 4.69) is 36.0 Å². The SMILES string of the molecule is COc1nn(CCCNC(=O)OC(C)(C)C)cc1Nc1nc(N2C[C@@H](F)[C@H](NC(=O)CCS(C)(=O)=O)C2)nc2c1ncn2C. The highest BCUT2D eigenvalue weighted by Crippen LogP contribution is 2.31. The molecule has 0 aliphatic carbocycles. The van der Waals surface area contributed by atoms with Crippen molar-refractivity contribution in [1.82, 2.24) is 39.9 Å². The van der Waals surface area contributed by atoms with Gasteiger partial charge in [0.15, 0.2) is 17.0 Å². The summed E-state index contributed by atoms with van der Waals surface area (Å²) in [6.07, 6.45) is 2.79. The number of aromatic nitrogens is 6. The average molecular weight is 639 g/mol. The molecular weight excluding hydrogens is 599 g/mol. The van der Waals surface area contributed by atoms with Gasteiger partial charge in [-0.3, -0.25) is 9.48 Å². The number of carbonyl (C=O) groups excluding carboxylic acids is 2. The lowest BCUT2D eigenvalue weighted by atomic mass is 10.2. The number of ether oxygens (including phenoxy) is 2. The molecule has 1 aliphatic heterocycles. The third-order valence-electron chi connectivity index (χ3n) is 6.53. The summed E-state index contributed by atoms with van der Waals surface area (Å²) in [5.74, 6) is 0.00545. The molecule has 0 radical (unpaired) electrons. The molecule has 1 aliphatic rings. The number of halogens is 1. The van der Waals surface area contributed by atoms with E-state index >= 15 is 0 Å². The summed E-state index contributed by atoms with van der Waals surface area (Å²) in [5.41, 5.74) is 0.883. The van der Waals surface area contributed by atoms with Gasteiger partial charge in [-0.25, -0.2) is 22.6 Å². The lowest BCUT2D eigenvalue weighted by molar-refractivity contribution is -0.121. The lowest BCUT2D eigenvalue weighted by Gasteiger charge is -2.19. The smallest absolute Gasteiger partial charge is 0.407 e. The number of anilines is 3. The standard InChI is InChI=1S/C26H39FN10O6S/c1-26(2,3)43-25(39)28-9-7-10-37-14-18(23(34-37)42-5)31-21-20-22(35(4)15-29-20)33-24(32-21)36-12-16(27)17(13-36)30-19(38)8-11-44(6,40)41/h14-17H,7-13H2,1-6H3,(H,28,39)(H,30,38)(H,31,32,33)/t16-,17-/m1/s1. The summed E-state index contributed by atoms with van der Waals surface area (Å²) in [7, 11) is -0.0672. The van der Waals surface area contributed by atoms with Crippen LogP contribution in [0.1, 0.15) is 33.6 Å². The number of aryl methyl sites for hydroxylation is 2. The van der Waals surface area contributed by atoms with E-state index in [1.54, 1.807) is 54.5 Å². The zero-order valence-electron chi connectivity index (χ0n) is 25.6. The molecule has 1 fully saturated rings. The zero-order chi connectivity index (χ0) is 32.2. The van der Waals surface area contributed by atoms with Crippen molar-refractivity contribution in [3.05, 3.63) is 12.5 Å². The molecule has 16 nitrogen and oxygen atoms in total. The highest BCUT2D eigenvalue weighted by Gasteiger charge is 2.36. The summed E-state index contributed by atoms with van der Waals surface area (Å²) in [6.45, 7) is 6.26. The van der Waals surface area contributed by atoms with E-state index in [0.29, 0.717) is 48.1 Å². The number of methoxy groups -OCH3 is 1. The van der Waals surface area contributed by atoms with Crippen LogP contribution in [0.4, 0.5) is 26.6 Å². The van der Waals surface area contributed by atoms with Gasteiger partial charge in [-0.1, -0.05) is 0 Å². The molecule has 44 heavy (non-hydrogen) atoms. The molecule has 18 heteroatoms. The molecule has 3 N–H and O–H groups in total. The first-order valence-electron chi connectivity index (χ1n) is 14.0. The Balaban J connectivity index is 1.46. The first kappa shape index (κ1) is 32.7. The van der Waals surface area contributed by atoms with Gasteiger partial charge in [0.2, 0.25) is 11.9 Å². The van der Waals surface area contributed by atoms with Gasteiger partial charge in [0.25, 0.3) is 5.88 Å². The van der Waals surface area contributed by atoms with Crippen LogP contribution in [0.15, 0.2) is 12.5 Å². The molecule has 4 heterocycles. The van der Waals surface area contributed by atoms with Crippen molar-refractivity contribution < 1.29 is 31.9 Å². The molecule has 1 saturated heterocycles. The molecule has 0 bridgehead atoms. The molecule has 0 unspecified atom stereocenters. The second-order valence-electron chi connectivity index (χ2n) is 11.6. The van der Waals surface area contributed by atoms with Crippen LogP contribution in [0.5, 0.6) is 5.88 Å². The second-order valence-corrected chi connectivity index (χ2v) is 13.9. The molecule has 3 aromatic heterocycles. The van der Waals surface area contributed by atoms with Crippen molar-refractivity contribution >= 4 is 50.5 Å². The minimum Gasteiger partial charge on any atom is -0.478 e. The van der Waals surface area contributed by atoms with E-state index in [9.17, 15) is 22.4 Å². The Hall–Kier alpha value is -4.22. The van der Waals surface area contributed by atoms with Crippen molar-refractivity contribution in [2.45, 2.75) is 58.0 Å². The van der Waals surface area contributed by atoms with Gasteiger partial charge in [0, 0.05) is 39.4 Å². The Kier molecular flexibility index (Phi) is 9.80. The Morgan fingerprint density at radius 2 is 1.95 bits per heavy atom. The maximum absolute atomic E-state index is 15.0. The lowest BCUT2D eigenvalue weighted by Crippen LogP contribution is -2.42. The van der Waals surface area contributed by atoms with Crippen molar-refractivity contribution in [2.24, 2.45) is 7.05 Å². The van der Waals surface area contributed by atoms with Gasteiger partial charge >= 0.3 is 6.09 Å². The predicted molar refractivity (Wildman–Crippen MR) is 161 cm³/mol. The highest BCUT2D eigenvalue weighted by atomic mass is 32.2. The number of fused-ring (bicyclic) bond motifs is 1. The molecule has 0 spiro atoms. The molecule has 0 aromatic carbocycles. The maximum atomic E-state index is 15.0. The first-order valence-corrected chi connectivity index (χ1v) is 16.1. The van der Waals surface area contributed by atoms with Crippen LogP contribution in [0.25, 0.3) is 11.2 Å². The topological polar surface area (TPSA) is 187 Å². The van der Waals surface area contributed by atoms with Crippen LogP contribution in [-0.4, -0.2) is 106 Å². The number of sulfone groups is 1. The van der Waals surface area contributed by atoms with Gasteiger partial charge in [-0.05, 0) is 27.2 Å². The van der Waals surface area contributed by atoms with Crippen LogP contribution in [0.3, 0.4) is 0 Å². The quantitative estimate of drug-likeness (QED) is 0.242. The van der Waals surface area contributed by atoms with Gasteiger partial charge < -0.3 is 34.9 Å². The summed E-state index contributed by atoms with van der Waals surface area (Å²) in [5, 5.41) is 13.0. The van der Waals surface area contributed by atoms with E-state index in [-0.39, 0.29) is 31.2 Å². The number of rotatable bonds is 12. The third kappa shape index (κ3) is 8.67. The van der Waals surface area contributed by atoms with Crippen molar-refractivity contribution in [2.75, 3.05) is 49.0 Å². The van der Waals surface area contributed by atoms with Crippen LogP contribution >= 0.6 is 0 Å². The first-order chi connectivity index (χ1) is 20.6. The van der Waals surface area contributed by atoms with Crippen LogP contribution < -0.4 is 25.6 Å². The van der Waals surface area contributed by atoms with Crippen LogP contribution in [0, 0.1) is 0 Å². The summed E-state index contributed by atoms with van der Waals surface area (Å²) >= 11 is 0. The fourth-order valence-electron chi connectivity index (χ4n) is 4.47. The number of alkyl halides is 1. The molecule has 3 aromatic rings. The maximum Gasteiger partial charge on any atom is 0.407 e. The van der Waals surface area contributed by atoms with Crippen molar-refractivity contribution in [3.8, 4) is 5.88 Å². The van der Waals surface area contributed by atoms with E-state index in [4.69, 9.17) is 9.47 Å². The summed E-state index contributed by atoms with van der Waals surface area (Å²) in [4.78, 5) is 39.4. The van der Waals surface area contributed by atoms with Gasteiger partial charge in [-0.15, -0.1) is 5.10 Å². The fourth-order valence-corrected chi connectivity index (χ4v) is 5.03. The molecule has 2 atom stereocenters. The number of hydrogen-bond acceptors (Lipinski definition) is 12. The van der Waals surface area contributed by atoms with E-state index in [0.717, 1.165) is 6.26 Å². The van der Waals surface area contributed by atoms with Gasteiger partial charge in [0.1, 0.15) is 27.3 Å². The Bertz CT molecular complexity index is 1600. The van der Waals surface area contributed by atoms with Crippen molar-refractivity contribution in [3.63, 3.8) is 0 Å². The number of imidazole rings is 1. The van der Waals surface area contributed by atoms with Crippen LogP contribution in [0.2, 0.25) is 0 Å². The number of carbonyl (C=O) groups is 2. The monoisotopic (exact) mass is 638 g/mol. The second kappa shape index (κ2) is 13.2. The van der Waals surface area contributed by atoms with E-state index in [1.807, 2.05) is 0 Å². The normalized spacial score (nSPS) is 17.1. The largest absolute Gasteiger partial charge is 0.478 e.